The Morgan fingerprint density at radius 3 is 1.28 bits per heavy atom. The Morgan fingerprint density at radius 1 is 0.253 bits per heavy atom. The number of nitrogens with zero attached hydrogens (tertiary/aromatic N) is 3. The molecule has 0 radical (unpaired) electrons. The first-order chi connectivity index (χ1) is 39.2. The fourth-order valence-electron chi connectivity index (χ4n) is 13.0. The summed E-state index contributed by atoms with van der Waals surface area (Å²) in [5.74, 6) is 3.30. The fraction of sp³-hybridized carbons (Fsp3) is 0. The number of hydrogen-bond acceptors (Lipinski definition) is 5. The van der Waals surface area contributed by atoms with Crippen molar-refractivity contribution in [2.45, 2.75) is 0 Å². The van der Waals surface area contributed by atoms with Crippen LogP contribution in [-0.2, 0) is 0 Å². The number of benzene rings is 12. The summed E-state index contributed by atoms with van der Waals surface area (Å²) in [4.78, 5) is 7.49. The van der Waals surface area contributed by atoms with Crippen LogP contribution in [0.5, 0.6) is 23.0 Å². The molecule has 0 atom stereocenters. The minimum Gasteiger partial charge on any atom is -0.458 e. The number of fused-ring (bicyclic) bond motifs is 8. The van der Waals surface area contributed by atoms with Crippen molar-refractivity contribution in [3.05, 3.63) is 285 Å². The molecular weight excluding hydrogens is 960 g/mol. The zero-order valence-corrected chi connectivity index (χ0v) is 42.9. The number of anilines is 9. The molecule has 368 valence electrons. The van der Waals surface area contributed by atoms with E-state index in [1.165, 1.54) is 16.4 Å². The van der Waals surface area contributed by atoms with Gasteiger partial charge in [0.15, 0.2) is 0 Å². The fourth-order valence-corrected chi connectivity index (χ4v) is 13.0. The number of ether oxygens (including phenoxy) is 2. The molecular formula is C72H47B2N3O2. The van der Waals surface area contributed by atoms with Crippen LogP contribution in [0.25, 0.3) is 33.4 Å². The normalized spacial score (nSPS) is 12.9. The molecule has 0 fully saturated rings. The Labute approximate surface area is 460 Å². The van der Waals surface area contributed by atoms with Gasteiger partial charge in [-0.15, -0.1) is 0 Å². The van der Waals surface area contributed by atoms with Crippen LogP contribution in [0.4, 0.5) is 51.2 Å². The minimum absolute atomic E-state index is 0.152. The van der Waals surface area contributed by atoms with E-state index >= 15 is 0 Å². The summed E-state index contributed by atoms with van der Waals surface area (Å²) < 4.78 is 14.3. The van der Waals surface area contributed by atoms with Crippen molar-refractivity contribution in [1.29, 1.82) is 0 Å². The highest BCUT2D eigenvalue weighted by atomic mass is 16.5. The highest BCUT2D eigenvalue weighted by molar-refractivity contribution is 7.02. The van der Waals surface area contributed by atoms with Gasteiger partial charge in [-0.1, -0.05) is 206 Å². The lowest BCUT2D eigenvalue weighted by atomic mass is 9.31. The second-order valence-corrected chi connectivity index (χ2v) is 20.7. The van der Waals surface area contributed by atoms with Crippen molar-refractivity contribution in [2.75, 3.05) is 14.7 Å². The Bertz CT molecular complexity index is 4310. The Hall–Kier alpha value is -10.2. The maximum atomic E-state index is 7.42. The standard InChI is InChI=1S/C72H47B2N3O2/c1-6-24-48(25-7-1)51-42-69-72-70(43-51)79-68-47-64-59(46-60(68)74(72)58-37-19-23-41-67(58)78-69)73-57-36-18-22-40-63(57)76(61-38-20-16-34-55(61)49-26-8-2-9-27-49)65-44-54(75(52-30-12-4-13-31-52)53-32-14-5-15-33-53)45-66(71(65)73)77(64)62-39-21-17-35-56(62)50-28-10-3-11-29-50/h1-47H. The van der Waals surface area contributed by atoms with Crippen LogP contribution in [-0.4, -0.2) is 13.4 Å². The van der Waals surface area contributed by atoms with Crippen molar-refractivity contribution in [1.82, 2.24) is 0 Å². The first-order valence-corrected chi connectivity index (χ1v) is 27.1. The SMILES string of the molecule is c1ccc(-c2cc3c4c(c2)Oc2cc5c(cc2B4c2ccccc2O3)B2c3ccccc3N(c3ccccc3-c3ccccc3)c3cc(N(c4ccccc4)c4ccccc4)cc(c32)N5c2ccccc2-c2ccccc2)cc1. The zero-order valence-electron chi connectivity index (χ0n) is 42.9. The van der Waals surface area contributed by atoms with E-state index in [2.05, 4.69) is 300 Å². The molecule has 79 heavy (non-hydrogen) atoms. The van der Waals surface area contributed by atoms with Crippen LogP contribution in [0.3, 0.4) is 0 Å². The lowest BCUT2D eigenvalue weighted by molar-refractivity contribution is 0.465. The molecule has 0 bridgehead atoms. The molecule has 0 amide bonds. The van der Waals surface area contributed by atoms with Gasteiger partial charge < -0.3 is 24.2 Å². The second-order valence-electron chi connectivity index (χ2n) is 20.7. The summed E-state index contributed by atoms with van der Waals surface area (Å²) in [6.45, 7) is -0.338. The maximum absolute atomic E-state index is 7.42. The molecule has 0 aromatic heterocycles. The van der Waals surface area contributed by atoms with Gasteiger partial charge in [-0.2, -0.15) is 0 Å². The van der Waals surface area contributed by atoms with Crippen molar-refractivity contribution in [2.24, 2.45) is 0 Å². The summed E-state index contributed by atoms with van der Waals surface area (Å²) in [6, 6.07) is 103. The molecule has 0 aliphatic carbocycles. The largest absolute Gasteiger partial charge is 0.458 e. The monoisotopic (exact) mass is 1010 g/mol. The Morgan fingerprint density at radius 2 is 0.696 bits per heavy atom. The highest BCUT2D eigenvalue weighted by Gasteiger charge is 2.48. The molecule has 5 nitrogen and oxygen atoms in total. The van der Waals surface area contributed by atoms with Crippen molar-refractivity contribution >= 4 is 97.4 Å². The van der Waals surface area contributed by atoms with Gasteiger partial charge in [-0.05, 0) is 122 Å². The van der Waals surface area contributed by atoms with E-state index in [0.29, 0.717) is 0 Å². The third-order valence-electron chi connectivity index (χ3n) is 16.3. The first-order valence-electron chi connectivity index (χ1n) is 27.1. The topological polar surface area (TPSA) is 28.2 Å². The molecule has 0 spiro atoms. The predicted octanol–water partition coefficient (Wildman–Crippen LogP) is 15.0. The van der Waals surface area contributed by atoms with Crippen molar-refractivity contribution < 1.29 is 9.47 Å². The number of para-hydroxylation sites is 6. The van der Waals surface area contributed by atoms with Gasteiger partial charge in [-0.3, -0.25) is 0 Å². The highest BCUT2D eigenvalue weighted by Crippen LogP contribution is 2.52. The average Bonchev–Trinajstić information content (AvgIpc) is 2.95. The van der Waals surface area contributed by atoms with Gasteiger partial charge >= 0.3 is 0 Å². The molecule has 0 unspecified atom stereocenters. The summed E-state index contributed by atoms with van der Waals surface area (Å²) in [5, 5.41) is 0. The Balaban J connectivity index is 1.03. The molecule has 12 aromatic carbocycles. The number of rotatable bonds is 8. The van der Waals surface area contributed by atoms with Gasteiger partial charge in [0.2, 0.25) is 0 Å². The van der Waals surface area contributed by atoms with Crippen LogP contribution in [0.15, 0.2) is 285 Å². The van der Waals surface area contributed by atoms with E-state index < -0.39 is 0 Å². The molecule has 4 aliphatic rings. The molecule has 0 saturated carbocycles. The maximum Gasteiger partial charge on any atom is 0.260 e. The van der Waals surface area contributed by atoms with Gasteiger partial charge in [0, 0.05) is 56.8 Å². The summed E-state index contributed by atoms with van der Waals surface area (Å²) >= 11 is 0. The van der Waals surface area contributed by atoms with Crippen LogP contribution in [0, 0.1) is 0 Å². The lowest BCUT2D eigenvalue weighted by Gasteiger charge is -2.46. The van der Waals surface area contributed by atoms with Gasteiger partial charge in [0.25, 0.3) is 13.4 Å². The molecule has 0 saturated heterocycles. The van der Waals surface area contributed by atoms with Crippen LogP contribution in [0.2, 0.25) is 0 Å². The third-order valence-corrected chi connectivity index (χ3v) is 16.3. The van der Waals surface area contributed by atoms with Crippen LogP contribution in [0.1, 0.15) is 0 Å². The lowest BCUT2D eigenvalue weighted by Crippen LogP contribution is -2.64. The van der Waals surface area contributed by atoms with Gasteiger partial charge in [0.1, 0.15) is 23.0 Å². The van der Waals surface area contributed by atoms with E-state index in [1.807, 2.05) is 0 Å². The Kier molecular flexibility index (Phi) is 10.4. The van der Waals surface area contributed by atoms with Crippen molar-refractivity contribution in [3.8, 4) is 56.4 Å². The molecule has 12 aromatic rings. The van der Waals surface area contributed by atoms with Gasteiger partial charge in [0.05, 0.1) is 17.1 Å². The van der Waals surface area contributed by atoms with E-state index in [-0.39, 0.29) is 13.4 Å². The zero-order chi connectivity index (χ0) is 52.0. The third kappa shape index (κ3) is 7.20. The summed E-state index contributed by atoms with van der Waals surface area (Å²) in [7, 11) is 0. The van der Waals surface area contributed by atoms with Crippen molar-refractivity contribution in [3.63, 3.8) is 0 Å². The smallest absolute Gasteiger partial charge is 0.260 e. The minimum atomic E-state index is -0.186. The second kappa shape index (κ2) is 18.2. The van der Waals surface area contributed by atoms with E-state index in [9.17, 15) is 0 Å². The predicted molar refractivity (Wildman–Crippen MR) is 329 cm³/mol. The van der Waals surface area contributed by atoms with E-state index in [1.54, 1.807) is 0 Å². The van der Waals surface area contributed by atoms with E-state index in [0.717, 1.165) is 124 Å². The number of hydrogen-bond donors (Lipinski definition) is 0. The first kappa shape index (κ1) is 45.0. The average molecular weight is 1010 g/mol. The molecule has 4 aliphatic heterocycles. The van der Waals surface area contributed by atoms with Crippen LogP contribution < -0.4 is 57.0 Å². The molecule has 4 heterocycles. The molecule has 16 rings (SSSR count). The quantitative estimate of drug-likeness (QED) is 0.141. The molecule has 7 heteroatoms. The van der Waals surface area contributed by atoms with Gasteiger partial charge in [-0.25, -0.2) is 0 Å². The molecule has 0 N–H and O–H groups in total. The summed E-state index contributed by atoms with van der Waals surface area (Å²) in [5.41, 5.74) is 23.3. The summed E-state index contributed by atoms with van der Waals surface area (Å²) in [6.07, 6.45) is 0. The van der Waals surface area contributed by atoms with E-state index in [4.69, 9.17) is 9.47 Å². The van der Waals surface area contributed by atoms with Crippen LogP contribution >= 0.6 is 0 Å².